The van der Waals surface area contributed by atoms with Gasteiger partial charge in [0.05, 0.1) is 6.54 Å². The number of fused-ring (bicyclic) bond motifs is 1. The van der Waals surface area contributed by atoms with Gasteiger partial charge in [0.25, 0.3) is 5.91 Å². The molecule has 0 aliphatic carbocycles. The quantitative estimate of drug-likeness (QED) is 0.709. The minimum absolute atomic E-state index is 0.0434. The largest absolute Gasteiger partial charge is 0.483 e. The Balaban J connectivity index is 1.57. The Morgan fingerprint density at radius 3 is 2.50 bits per heavy atom. The van der Waals surface area contributed by atoms with Crippen molar-refractivity contribution in [3.63, 3.8) is 0 Å². The van der Waals surface area contributed by atoms with Crippen molar-refractivity contribution in [1.82, 2.24) is 4.90 Å². The molecule has 144 valence electrons. The van der Waals surface area contributed by atoms with Crippen molar-refractivity contribution >= 4 is 28.3 Å². The zero-order chi connectivity index (χ0) is 20.1. The third kappa shape index (κ3) is 4.49. The Bertz CT molecular complexity index is 1010. The summed E-state index contributed by atoms with van der Waals surface area (Å²) < 4.78 is 5.64. The van der Waals surface area contributed by atoms with Gasteiger partial charge in [-0.15, -0.1) is 0 Å². The van der Waals surface area contributed by atoms with Crippen LogP contribution in [0.4, 0.5) is 5.69 Å². The first kappa shape index (κ1) is 19.4. The molecule has 0 bridgehead atoms. The van der Waals surface area contributed by atoms with E-state index in [2.05, 4.69) is 5.32 Å². The predicted octanol–water partition coefficient (Wildman–Crippen LogP) is 3.93. The second-order valence-electron chi connectivity index (χ2n) is 6.81. The Morgan fingerprint density at radius 1 is 0.964 bits per heavy atom. The third-order valence-corrected chi connectivity index (χ3v) is 4.78. The molecule has 0 spiro atoms. The van der Waals surface area contributed by atoms with Gasteiger partial charge in [0.1, 0.15) is 5.75 Å². The lowest BCUT2D eigenvalue weighted by molar-refractivity contribution is -0.135. The van der Waals surface area contributed by atoms with Crippen molar-refractivity contribution in [3.8, 4) is 5.75 Å². The summed E-state index contributed by atoms with van der Waals surface area (Å²) in [5.41, 5.74) is 2.84. The van der Waals surface area contributed by atoms with Crippen LogP contribution in [0.5, 0.6) is 5.75 Å². The fourth-order valence-corrected chi connectivity index (χ4v) is 2.96. The first-order valence-electron chi connectivity index (χ1n) is 9.16. The van der Waals surface area contributed by atoms with Gasteiger partial charge in [-0.05, 0) is 42.5 Å². The summed E-state index contributed by atoms with van der Waals surface area (Å²) in [5, 5.41) is 4.90. The smallest absolute Gasteiger partial charge is 0.260 e. The molecule has 0 aromatic heterocycles. The number of anilines is 1. The van der Waals surface area contributed by atoms with Crippen molar-refractivity contribution in [3.05, 3.63) is 71.8 Å². The number of nitrogens with one attached hydrogen (secondary N) is 1. The summed E-state index contributed by atoms with van der Waals surface area (Å²) in [5.74, 6) is 0.176. The number of hydrogen-bond donors (Lipinski definition) is 1. The molecule has 0 saturated carbocycles. The van der Waals surface area contributed by atoms with Gasteiger partial charge in [0, 0.05) is 18.1 Å². The Kier molecular flexibility index (Phi) is 5.94. The van der Waals surface area contributed by atoms with Crippen molar-refractivity contribution in [2.45, 2.75) is 13.8 Å². The van der Waals surface area contributed by atoms with Crippen LogP contribution in [-0.2, 0) is 9.59 Å². The van der Waals surface area contributed by atoms with Gasteiger partial charge in [0.15, 0.2) is 6.61 Å². The van der Waals surface area contributed by atoms with Gasteiger partial charge < -0.3 is 15.0 Å². The normalized spacial score (nSPS) is 10.5. The molecule has 5 heteroatoms. The summed E-state index contributed by atoms with van der Waals surface area (Å²) in [6, 6.07) is 19.3. The first-order chi connectivity index (χ1) is 13.5. The van der Waals surface area contributed by atoms with Gasteiger partial charge in [-0.25, -0.2) is 0 Å². The van der Waals surface area contributed by atoms with Gasteiger partial charge in [-0.3, -0.25) is 9.59 Å². The van der Waals surface area contributed by atoms with E-state index < -0.39 is 0 Å². The van der Waals surface area contributed by atoms with Crippen LogP contribution in [0.3, 0.4) is 0 Å². The molecule has 0 saturated heterocycles. The average Bonchev–Trinajstić information content (AvgIpc) is 2.69. The van der Waals surface area contributed by atoms with Gasteiger partial charge in [-0.2, -0.15) is 0 Å². The summed E-state index contributed by atoms with van der Waals surface area (Å²) in [7, 11) is 1.59. The molecule has 0 aliphatic rings. The van der Waals surface area contributed by atoms with Crippen LogP contribution >= 0.6 is 0 Å². The van der Waals surface area contributed by atoms with Gasteiger partial charge in [0.2, 0.25) is 5.91 Å². The first-order valence-corrected chi connectivity index (χ1v) is 9.16. The van der Waals surface area contributed by atoms with E-state index in [-0.39, 0.29) is 25.0 Å². The zero-order valence-corrected chi connectivity index (χ0v) is 16.4. The standard InChI is InChI=1S/C23H24N2O3/c1-16-8-6-13-21(17(16)2)28-15-23(27)25(3)14-22(26)24-20-12-7-10-18-9-4-5-11-19(18)20/h4-13H,14-15H2,1-3H3,(H,24,26). The molecule has 0 aliphatic heterocycles. The van der Waals surface area contributed by atoms with Crippen LogP contribution in [-0.4, -0.2) is 36.9 Å². The van der Waals surface area contributed by atoms with E-state index in [9.17, 15) is 9.59 Å². The molecule has 0 radical (unpaired) electrons. The van der Waals surface area contributed by atoms with Gasteiger partial charge >= 0.3 is 0 Å². The molecule has 1 N–H and O–H groups in total. The summed E-state index contributed by atoms with van der Waals surface area (Å²) in [6.45, 7) is 3.80. The number of benzene rings is 3. The number of aryl methyl sites for hydroxylation is 1. The fourth-order valence-electron chi connectivity index (χ4n) is 2.96. The molecular weight excluding hydrogens is 352 g/mol. The van der Waals surface area contributed by atoms with E-state index in [0.29, 0.717) is 5.75 Å². The monoisotopic (exact) mass is 376 g/mol. The topological polar surface area (TPSA) is 58.6 Å². The van der Waals surface area contributed by atoms with E-state index in [4.69, 9.17) is 4.74 Å². The highest BCUT2D eigenvalue weighted by atomic mass is 16.5. The number of ether oxygens (including phenoxy) is 1. The molecule has 28 heavy (non-hydrogen) atoms. The SMILES string of the molecule is Cc1cccc(OCC(=O)N(C)CC(=O)Nc2cccc3ccccc23)c1C. The van der Waals surface area contributed by atoms with Crippen LogP contribution in [0.25, 0.3) is 10.8 Å². The number of nitrogens with zero attached hydrogens (tertiary/aromatic N) is 1. The van der Waals surface area contributed by atoms with E-state index in [1.165, 1.54) is 4.90 Å². The minimum atomic E-state index is -0.256. The Labute approximate surface area is 164 Å². The maximum Gasteiger partial charge on any atom is 0.260 e. The van der Waals surface area contributed by atoms with E-state index >= 15 is 0 Å². The average molecular weight is 376 g/mol. The second-order valence-corrected chi connectivity index (χ2v) is 6.81. The van der Waals surface area contributed by atoms with Crippen LogP contribution in [0.2, 0.25) is 0 Å². The van der Waals surface area contributed by atoms with E-state index in [1.807, 2.05) is 74.5 Å². The maximum absolute atomic E-state index is 12.4. The summed E-state index contributed by atoms with van der Waals surface area (Å²) >= 11 is 0. The lowest BCUT2D eigenvalue weighted by Gasteiger charge is -2.18. The van der Waals surface area contributed by atoms with Crippen LogP contribution in [0.1, 0.15) is 11.1 Å². The lowest BCUT2D eigenvalue weighted by Crippen LogP contribution is -2.37. The number of amides is 2. The van der Waals surface area contributed by atoms with Crippen LogP contribution in [0.15, 0.2) is 60.7 Å². The number of carbonyl (C=O) groups is 2. The van der Waals surface area contributed by atoms with Crippen molar-refractivity contribution in [1.29, 1.82) is 0 Å². The second kappa shape index (κ2) is 8.57. The zero-order valence-electron chi connectivity index (χ0n) is 16.4. The summed E-state index contributed by atoms with van der Waals surface area (Å²) in [4.78, 5) is 26.1. The number of carbonyl (C=O) groups excluding carboxylic acids is 2. The number of rotatable bonds is 6. The number of likely N-dealkylation sites (N-methyl/N-ethyl adjacent to an activating group) is 1. The minimum Gasteiger partial charge on any atom is -0.483 e. The Hall–Kier alpha value is -3.34. The molecule has 2 amide bonds. The molecule has 0 fully saturated rings. The van der Waals surface area contributed by atoms with Crippen molar-refractivity contribution < 1.29 is 14.3 Å². The number of hydrogen-bond acceptors (Lipinski definition) is 3. The molecule has 0 atom stereocenters. The molecule has 0 unspecified atom stereocenters. The highest BCUT2D eigenvalue weighted by Gasteiger charge is 2.15. The maximum atomic E-state index is 12.4. The van der Waals surface area contributed by atoms with Crippen LogP contribution < -0.4 is 10.1 Å². The van der Waals surface area contributed by atoms with Crippen LogP contribution in [0, 0.1) is 13.8 Å². The molecule has 0 heterocycles. The molecular formula is C23H24N2O3. The molecule has 3 aromatic carbocycles. The van der Waals surface area contributed by atoms with Crippen molar-refractivity contribution in [2.24, 2.45) is 0 Å². The van der Waals surface area contributed by atoms with Crippen molar-refractivity contribution in [2.75, 3.05) is 25.5 Å². The fraction of sp³-hybridized carbons (Fsp3) is 0.217. The van der Waals surface area contributed by atoms with E-state index in [1.54, 1.807) is 7.05 Å². The molecule has 5 nitrogen and oxygen atoms in total. The highest BCUT2D eigenvalue weighted by Crippen LogP contribution is 2.23. The lowest BCUT2D eigenvalue weighted by atomic mass is 10.1. The summed E-state index contributed by atoms with van der Waals surface area (Å²) in [6.07, 6.45) is 0. The predicted molar refractivity (Wildman–Crippen MR) is 112 cm³/mol. The molecule has 3 aromatic rings. The molecule has 3 rings (SSSR count). The Morgan fingerprint density at radius 2 is 1.68 bits per heavy atom. The highest BCUT2D eigenvalue weighted by molar-refractivity contribution is 6.03. The third-order valence-electron chi connectivity index (χ3n) is 4.78. The van der Waals surface area contributed by atoms with E-state index in [0.717, 1.165) is 27.6 Å². The van der Waals surface area contributed by atoms with Gasteiger partial charge in [-0.1, -0.05) is 48.5 Å².